The monoisotopic (exact) mass is 516 g/mol. The molecule has 36 heavy (non-hydrogen) atoms. The van der Waals surface area contributed by atoms with Crippen LogP contribution in [0.5, 0.6) is 5.75 Å². The highest BCUT2D eigenvalue weighted by Gasteiger charge is 2.20. The SMILES string of the molecule is CCn1c(SCC(=O)Nc2cc(C(=O)OC)cc(C(=O)OC)c2)nnc1C(C)Oc1ccc(F)cc1. The van der Waals surface area contributed by atoms with E-state index in [-0.39, 0.29) is 34.3 Å². The molecule has 0 fully saturated rings. The molecule has 0 aliphatic carbocycles. The zero-order valence-electron chi connectivity index (χ0n) is 20.1. The molecule has 190 valence electrons. The molecular formula is C24H25FN4O6S. The fourth-order valence-corrected chi connectivity index (χ4v) is 4.08. The van der Waals surface area contributed by atoms with Crippen molar-refractivity contribution in [3.8, 4) is 5.75 Å². The summed E-state index contributed by atoms with van der Waals surface area (Å²) in [6.07, 6.45) is -0.469. The Labute approximate surface area is 211 Å². The number of esters is 2. The van der Waals surface area contributed by atoms with Gasteiger partial charge in [-0.15, -0.1) is 10.2 Å². The van der Waals surface area contributed by atoms with Crippen LogP contribution in [0.3, 0.4) is 0 Å². The molecule has 1 unspecified atom stereocenters. The number of halogens is 1. The molecule has 3 aromatic rings. The Balaban J connectivity index is 1.68. The van der Waals surface area contributed by atoms with E-state index in [0.717, 1.165) is 11.8 Å². The summed E-state index contributed by atoms with van der Waals surface area (Å²) in [5.74, 6) is -1.04. The molecule has 0 aliphatic rings. The zero-order valence-corrected chi connectivity index (χ0v) is 20.9. The second-order valence-corrected chi connectivity index (χ2v) is 8.36. The van der Waals surface area contributed by atoms with Crippen molar-refractivity contribution in [1.82, 2.24) is 14.8 Å². The predicted octanol–water partition coefficient (Wildman–Crippen LogP) is 3.88. The Morgan fingerprint density at radius 3 is 2.19 bits per heavy atom. The third-order valence-corrected chi connectivity index (χ3v) is 5.91. The highest BCUT2D eigenvalue weighted by Crippen LogP contribution is 2.25. The second kappa shape index (κ2) is 12.2. The van der Waals surface area contributed by atoms with Crippen LogP contribution in [-0.4, -0.2) is 52.6 Å². The minimum Gasteiger partial charge on any atom is -0.483 e. The number of thioether (sulfide) groups is 1. The van der Waals surface area contributed by atoms with Crippen LogP contribution in [-0.2, 0) is 20.8 Å². The number of carbonyl (C=O) groups excluding carboxylic acids is 3. The summed E-state index contributed by atoms with van der Waals surface area (Å²) in [5.41, 5.74) is 0.422. The van der Waals surface area contributed by atoms with Gasteiger partial charge in [0.15, 0.2) is 17.1 Å². The van der Waals surface area contributed by atoms with Crippen LogP contribution in [0.1, 0.15) is 46.5 Å². The standard InChI is InChI=1S/C24H25FN4O6S/c1-5-29-21(14(2)35-19-8-6-17(25)7-9-19)27-28-24(29)36-13-20(30)26-18-11-15(22(31)33-3)10-16(12-18)23(32)34-4/h6-12,14H,5,13H2,1-4H3,(H,26,30). The van der Waals surface area contributed by atoms with Crippen LogP contribution >= 0.6 is 11.8 Å². The van der Waals surface area contributed by atoms with E-state index in [1.807, 2.05) is 11.5 Å². The van der Waals surface area contributed by atoms with Crippen molar-refractivity contribution >= 4 is 35.3 Å². The van der Waals surface area contributed by atoms with Gasteiger partial charge in [0.05, 0.1) is 31.1 Å². The lowest BCUT2D eigenvalue weighted by Crippen LogP contribution is -2.17. The van der Waals surface area contributed by atoms with Crippen molar-refractivity contribution in [2.24, 2.45) is 0 Å². The first-order chi connectivity index (χ1) is 17.2. The van der Waals surface area contributed by atoms with Crippen LogP contribution in [0.25, 0.3) is 0 Å². The summed E-state index contributed by atoms with van der Waals surface area (Å²) < 4.78 is 30.2. The smallest absolute Gasteiger partial charge is 0.337 e. The first-order valence-electron chi connectivity index (χ1n) is 10.8. The number of carbonyl (C=O) groups is 3. The highest BCUT2D eigenvalue weighted by atomic mass is 32.2. The summed E-state index contributed by atoms with van der Waals surface area (Å²) >= 11 is 1.16. The van der Waals surface area contributed by atoms with Gasteiger partial charge in [0.25, 0.3) is 0 Å². The number of ether oxygens (including phenoxy) is 3. The summed E-state index contributed by atoms with van der Waals surface area (Å²) in [7, 11) is 2.43. The van der Waals surface area contributed by atoms with Crippen molar-refractivity contribution in [3.63, 3.8) is 0 Å². The van der Waals surface area contributed by atoms with E-state index < -0.39 is 18.0 Å². The fraction of sp³-hybridized carbons (Fsp3) is 0.292. The molecule has 0 saturated carbocycles. The molecule has 0 radical (unpaired) electrons. The molecule has 10 nitrogen and oxygen atoms in total. The van der Waals surface area contributed by atoms with Gasteiger partial charge >= 0.3 is 11.9 Å². The third kappa shape index (κ3) is 6.60. The number of hydrogen-bond acceptors (Lipinski definition) is 9. The number of nitrogens with zero attached hydrogens (tertiary/aromatic N) is 3. The van der Waals surface area contributed by atoms with Crippen LogP contribution in [0.15, 0.2) is 47.6 Å². The molecule has 1 N–H and O–H groups in total. The number of methoxy groups -OCH3 is 2. The van der Waals surface area contributed by atoms with Crippen LogP contribution < -0.4 is 10.1 Å². The maximum absolute atomic E-state index is 13.1. The van der Waals surface area contributed by atoms with Gasteiger partial charge in [-0.3, -0.25) is 4.79 Å². The molecule has 1 aromatic heterocycles. The number of nitrogens with one attached hydrogen (secondary N) is 1. The van der Waals surface area contributed by atoms with E-state index in [1.54, 1.807) is 6.92 Å². The minimum atomic E-state index is -0.661. The van der Waals surface area contributed by atoms with Gasteiger partial charge in [-0.05, 0) is 56.3 Å². The van der Waals surface area contributed by atoms with Gasteiger partial charge in [-0.2, -0.15) is 0 Å². The van der Waals surface area contributed by atoms with Crippen molar-refractivity contribution in [2.45, 2.75) is 31.7 Å². The summed E-state index contributed by atoms with van der Waals surface area (Å²) in [5, 5.41) is 11.6. The Bertz CT molecular complexity index is 1210. The van der Waals surface area contributed by atoms with Crippen LogP contribution in [0.4, 0.5) is 10.1 Å². The lowest BCUT2D eigenvalue weighted by molar-refractivity contribution is -0.113. The third-order valence-electron chi connectivity index (χ3n) is 4.94. The summed E-state index contributed by atoms with van der Waals surface area (Å²) in [4.78, 5) is 36.5. The maximum Gasteiger partial charge on any atom is 0.337 e. The van der Waals surface area contributed by atoms with Gasteiger partial charge in [0.1, 0.15) is 11.6 Å². The van der Waals surface area contributed by atoms with Gasteiger partial charge in [-0.1, -0.05) is 11.8 Å². The van der Waals surface area contributed by atoms with E-state index >= 15 is 0 Å². The molecule has 1 amide bonds. The van der Waals surface area contributed by atoms with Crippen molar-refractivity contribution in [1.29, 1.82) is 0 Å². The molecule has 0 saturated heterocycles. The quantitative estimate of drug-likeness (QED) is 0.316. The number of hydrogen-bond donors (Lipinski definition) is 1. The first kappa shape index (κ1) is 26.7. The Kier molecular flexibility index (Phi) is 9.01. The lowest BCUT2D eigenvalue weighted by atomic mass is 10.1. The van der Waals surface area contributed by atoms with E-state index in [2.05, 4.69) is 15.5 Å². The summed E-state index contributed by atoms with van der Waals surface area (Å²) in [6, 6.07) is 9.80. The molecule has 2 aromatic carbocycles. The molecule has 3 rings (SSSR count). The molecule has 0 spiro atoms. The number of amides is 1. The van der Waals surface area contributed by atoms with E-state index in [1.165, 1.54) is 56.7 Å². The molecular weight excluding hydrogens is 491 g/mol. The van der Waals surface area contributed by atoms with Gasteiger partial charge in [0, 0.05) is 12.2 Å². The fourth-order valence-electron chi connectivity index (χ4n) is 3.27. The number of rotatable bonds is 10. The number of aromatic nitrogens is 3. The molecule has 0 bridgehead atoms. The topological polar surface area (TPSA) is 122 Å². The van der Waals surface area contributed by atoms with E-state index in [0.29, 0.717) is 23.3 Å². The summed E-state index contributed by atoms with van der Waals surface area (Å²) in [6.45, 7) is 4.25. The highest BCUT2D eigenvalue weighted by molar-refractivity contribution is 7.99. The maximum atomic E-state index is 13.1. The number of benzene rings is 2. The molecule has 0 aliphatic heterocycles. The zero-order chi connectivity index (χ0) is 26.2. The largest absolute Gasteiger partial charge is 0.483 e. The van der Waals surface area contributed by atoms with Crippen molar-refractivity contribution in [3.05, 3.63) is 65.2 Å². The van der Waals surface area contributed by atoms with Crippen molar-refractivity contribution in [2.75, 3.05) is 25.3 Å². The first-order valence-corrected chi connectivity index (χ1v) is 11.8. The second-order valence-electron chi connectivity index (χ2n) is 7.42. The van der Waals surface area contributed by atoms with E-state index in [4.69, 9.17) is 14.2 Å². The van der Waals surface area contributed by atoms with Crippen LogP contribution in [0.2, 0.25) is 0 Å². The lowest BCUT2D eigenvalue weighted by Gasteiger charge is -2.15. The normalized spacial score (nSPS) is 11.5. The predicted molar refractivity (Wildman–Crippen MR) is 130 cm³/mol. The van der Waals surface area contributed by atoms with Crippen molar-refractivity contribution < 1.29 is 33.0 Å². The average molecular weight is 517 g/mol. The Hall–Kier alpha value is -3.93. The minimum absolute atomic E-state index is 0.0126. The van der Waals surface area contributed by atoms with Gasteiger partial charge in [-0.25, -0.2) is 14.0 Å². The molecule has 1 atom stereocenters. The van der Waals surface area contributed by atoms with Gasteiger partial charge in [0.2, 0.25) is 5.91 Å². The van der Waals surface area contributed by atoms with Crippen LogP contribution in [0, 0.1) is 5.82 Å². The molecule has 12 heteroatoms. The molecule has 1 heterocycles. The Morgan fingerprint density at radius 2 is 1.64 bits per heavy atom. The average Bonchev–Trinajstić information content (AvgIpc) is 3.30. The van der Waals surface area contributed by atoms with Gasteiger partial charge < -0.3 is 24.1 Å². The number of anilines is 1. The van der Waals surface area contributed by atoms with E-state index in [9.17, 15) is 18.8 Å². The Morgan fingerprint density at radius 1 is 1.03 bits per heavy atom.